The normalized spacial score (nSPS) is 20.0. The number of aromatic nitrogens is 1. The second-order valence-corrected chi connectivity index (χ2v) is 7.49. The number of pyridine rings is 1. The van der Waals surface area contributed by atoms with Gasteiger partial charge in [0.25, 0.3) is 0 Å². The summed E-state index contributed by atoms with van der Waals surface area (Å²) in [6, 6.07) is 14.0. The molecule has 1 aliphatic heterocycles. The molecule has 2 N–H and O–H groups in total. The highest BCUT2D eigenvalue weighted by Gasteiger charge is 2.36. The van der Waals surface area contributed by atoms with E-state index in [9.17, 15) is 4.79 Å². The smallest absolute Gasteiger partial charge is 0.237 e. The monoisotopic (exact) mass is 386 g/mol. The van der Waals surface area contributed by atoms with Crippen LogP contribution in [0.3, 0.4) is 0 Å². The lowest BCUT2D eigenvalue weighted by Crippen LogP contribution is -2.42. The predicted molar refractivity (Wildman–Crippen MR) is 109 cm³/mol. The van der Waals surface area contributed by atoms with Crippen LogP contribution in [0.4, 0.5) is 0 Å². The number of rotatable bonds is 7. The summed E-state index contributed by atoms with van der Waals surface area (Å²) in [4.78, 5) is 19.3. The first kappa shape index (κ1) is 19.8. The van der Waals surface area contributed by atoms with Crippen LogP contribution in [0.5, 0.6) is 0 Å². The molecule has 1 aliphatic rings. The van der Waals surface area contributed by atoms with E-state index in [0.29, 0.717) is 13.1 Å². The molecule has 27 heavy (non-hydrogen) atoms. The van der Waals surface area contributed by atoms with E-state index in [1.165, 1.54) is 0 Å². The highest BCUT2D eigenvalue weighted by Crippen LogP contribution is 2.22. The number of hydrogen-bond donors (Lipinski definition) is 2. The zero-order chi connectivity index (χ0) is 19.2. The molecule has 0 saturated carbocycles. The minimum Gasteiger partial charge on any atom is -0.355 e. The van der Waals surface area contributed by atoms with Gasteiger partial charge in [0, 0.05) is 42.9 Å². The van der Waals surface area contributed by atoms with E-state index in [4.69, 9.17) is 11.6 Å². The summed E-state index contributed by atoms with van der Waals surface area (Å²) in [5.41, 5.74) is 3.21. The van der Waals surface area contributed by atoms with Crippen LogP contribution in [-0.4, -0.2) is 41.0 Å². The molecular formula is C21H27ClN4O. The Kier molecular flexibility index (Phi) is 6.83. The van der Waals surface area contributed by atoms with E-state index in [2.05, 4.69) is 20.5 Å². The highest BCUT2D eigenvalue weighted by atomic mass is 35.5. The minimum atomic E-state index is -0.122. The summed E-state index contributed by atoms with van der Waals surface area (Å²) in [5.74, 6) is 0.101. The molecular weight excluding hydrogens is 360 g/mol. The van der Waals surface area contributed by atoms with Crippen molar-refractivity contribution in [3.8, 4) is 0 Å². The van der Waals surface area contributed by atoms with Crippen molar-refractivity contribution in [1.82, 2.24) is 20.5 Å². The Labute approximate surface area is 166 Å². The summed E-state index contributed by atoms with van der Waals surface area (Å²) in [5, 5.41) is 7.27. The number of aryl methyl sites for hydroxylation is 1. The second kappa shape index (κ2) is 9.31. The Hall–Kier alpha value is -1.95. The van der Waals surface area contributed by atoms with Gasteiger partial charge in [0.05, 0.1) is 11.7 Å². The van der Waals surface area contributed by atoms with Crippen LogP contribution in [0.2, 0.25) is 5.02 Å². The average Bonchev–Trinajstić information content (AvgIpc) is 3.05. The predicted octanol–water partition coefficient (Wildman–Crippen LogP) is 2.91. The SMILES string of the molecule is CCNC(=O)[C@@H]1C[C@@H](NCc2cccc(C)n2)CN1Cc1ccc(Cl)cc1. The number of carbonyl (C=O) groups is 1. The Balaban J connectivity index is 1.65. The zero-order valence-electron chi connectivity index (χ0n) is 15.9. The van der Waals surface area contributed by atoms with Crippen LogP contribution in [0.15, 0.2) is 42.5 Å². The molecule has 0 spiro atoms. The van der Waals surface area contributed by atoms with Gasteiger partial charge in [-0.15, -0.1) is 0 Å². The van der Waals surface area contributed by atoms with Gasteiger partial charge < -0.3 is 10.6 Å². The molecule has 3 rings (SSSR count). The third-order valence-corrected chi connectivity index (χ3v) is 5.13. The number of likely N-dealkylation sites (tertiary alicyclic amines) is 1. The number of nitrogens with zero attached hydrogens (tertiary/aromatic N) is 2. The van der Waals surface area contributed by atoms with E-state index in [0.717, 1.165) is 41.5 Å². The third-order valence-electron chi connectivity index (χ3n) is 4.87. The molecule has 0 bridgehead atoms. The average molecular weight is 387 g/mol. The van der Waals surface area contributed by atoms with Crippen molar-refractivity contribution in [2.45, 2.75) is 45.4 Å². The van der Waals surface area contributed by atoms with Crippen LogP contribution in [-0.2, 0) is 17.9 Å². The number of carbonyl (C=O) groups excluding carboxylic acids is 1. The van der Waals surface area contributed by atoms with Crippen molar-refractivity contribution in [2.24, 2.45) is 0 Å². The molecule has 1 fully saturated rings. The van der Waals surface area contributed by atoms with Crippen LogP contribution in [0, 0.1) is 6.92 Å². The summed E-state index contributed by atoms with van der Waals surface area (Å²) in [6.07, 6.45) is 0.797. The fourth-order valence-electron chi connectivity index (χ4n) is 3.56. The quantitative estimate of drug-likeness (QED) is 0.768. The fraction of sp³-hybridized carbons (Fsp3) is 0.429. The number of hydrogen-bond acceptors (Lipinski definition) is 4. The number of halogens is 1. The molecule has 2 atom stereocenters. The van der Waals surface area contributed by atoms with Gasteiger partial charge in [-0.1, -0.05) is 29.8 Å². The van der Waals surface area contributed by atoms with E-state index in [1.807, 2.05) is 56.3 Å². The van der Waals surface area contributed by atoms with Gasteiger partial charge in [0.1, 0.15) is 0 Å². The first-order chi connectivity index (χ1) is 13.0. The van der Waals surface area contributed by atoms with E-state index < -0.39 is 0 Å². The molecule has 2 heterocycles. The Morgan fingerprint density at radius 3 is 2.74 bits per heavy atom. The Morgan fingerprint density at radius 1 is 1.26 bits per heavy atom. The standard InChI is InChI=1S/C21H27ClN4O/c1-3-23-21(27)20-11-19(24-12-18-6-4-5-15(2)25-18)14-26(20)13-16-7-9-17(22)10-8-16/h4-10,19-20,24H,3,11-14H2,1-2H3,(H,23,27)/t19-,20+/m1/s1. The molecule has 1 aromatic carbocycles. The van der Waals surface area contributed by atoms with Gasteiger partial charge in [-0.05, 0) is 50.1 Å². The zero-order valence-corrected chi connectivity index (χ0v) is 16.7. The number of likely N-dealkylation sites (N-methyl/N-ethyl adjacent to an activating group) is 1. The maximum absolute atomic E-state index is 12.6. The number of benzene rings is 1. The fourth-order valence-corrected chi connectivity index (χ4v) is 3.69. The molecule has 6 heteroatoms. The summed E-state index contributed by atoms with van der Waals surface area (Å²) in [6.45, 7) is 6.88. The molecule has 2 aromatic rings. The molecule has 1 saturated heterocycles. The molecule has 144 valence electrons. The van der Waals surface area contributed by atoms with Crippen LogP contribution >= 0.6 is 11.6 Å². The van der Waals surface area contributed by atoms with Gasteiger partial charge in [0.15, 0.2) is 0 Å². The molecule has 0 radical (unpaired) electrons. The van der Waals surface area contributed by atoms with Gasteiger partial charge in [-0.25, -0.2) is 0 Å². The summed E-state index contributed by atoms with van der Waals surface area (Å²) < 4.78 is 0. The van der Waals surface area contributed by atoms with Crippen molar-refractivity contribution in [3.05, 3.63) is 64.4 Å². The number of nitrogens with one attached hydrogen (secondary N) is 2. The molecule has 1 aromatic heterocycles. The van der Waals surface area contributed by atoms with Crippen molar-refractivity contribution in [1.29, 1.82) is 0 Å². The maximum atomic E-state index is 12.6. The van der Waals surface area contributed by atoms with Gasteiger partial charge in [0.2, 0.25) is 5.91 Å². The third kappa shape index (κ3) is 5.51. The largest absolute Gasteiger partial charge is 0.355 e. The summed E-state index contributed by atoms with van der Waals surface area (Å²) in [7, 11) is 0. The topological polar surface area (TPSA) is 57.3 Å². The lowest BCUT2D eigenvalue weighted by Gasteiger charge is -2.23. The van der Waals surface area contributed by atoms with Crippen molar-refractivity contribution >= 4 is 17.5 Å². The number of amides is 1. The van der Waals surface area contributed by atoms with Gasteiger partial charge in [-0.2, -0.15) is 0 Å². The Morgan fingerprint density at radius 2 is 2.04 bits per heavy atom. The van der Waals surface area contributed by atoms with Crippen molar-refractivity contribution in [2.75, 3.05) is 13.1 Å². The maximum Gasteiger partial charge on any atom is 0.237 e. The van der Waals surface area contributed by atoms with Crippen molar-refractivity contribution < 1.29 is 4.79 Å². The lowest BCUT2D eigenvalue weighted by atomic mass is 10.1. The highest BCUT2D eigenvalue weighted by molar-refractivity contribution is 6.30. The van der Waals surface area contributed by atoms with E-state index in [-0.39, 0.29) is 18.0 Å². The first-order valence-corrected chi connectivity index (χ1v) is 9.85. The lowest BCUT2D eigenvalue weighted by molar-refractivity contribution is -0.125. The van der Waals surface area contributed by atoms with Crippen LogP contribution < -0.4 is 10.6 Å². The Bertz CT molecular complexity index is 765. The van der Waals surface area contributed by atoms with Gasteiger partial charge >= 0.3 is 0 Å². The molecule has 5 nitrogen and oxygen atoms in total. The molecule has 1 amide bonds. The van der Waals surface area contributed by atoms with E-state index in [1.54, 1.807) is 0 Å². The molecule has 0 unspecified atom stereocenters. The summed E-state index contributed by atoms with van der Waals surface area (Å²) >= 11 is 5.99. The van der Waals surface area contributed by atoms with E-state index >= 15 is 0 Å². The minimum absolute atomic E-state index is 0.101. The van der Waals surface area contributed by atoms with Crippen LogP contribution in [0.1, 0.15) is 30.3 Å². The second-order valence-electron chi connectivity index (χ2n) is 7.05. The first-order valence-electron chi connectivity index (χ1n) is 9.47. The molecule has 0 aliphatic carbocycles. The van der Waals surface area contributed by atoms with Gasteiger partial charge in [-0.3, -0.25) is 14.7 Å². The van der Waals surface area contributed by atoms with Crippen LogP contribution in [0.25, 0.3) is 0 Å². The van der Waals surface area contributed by atoms with Crippen molar-refractivity contribution in [3.63, 3.8) is 0 Å².